The van der Waals surface area contributed by atoms with Crippen molar-refractivity contribution in [2.75, 3.05) is 38.0 Å². The minimum absolute atomic E-state index is 0.127. The summed E-state index contributed by atoms with van der Waals surface area (Å²) >= 11 is 0. The molecule has 1 aromatic heterocycles. The molecule has 0 bridgehead atoms. The molecule has 1 aromatic carbocycles. The minimum Gasteiger partial charge on any atom is -0.444 e. The van der Waals surface area contributed by atoms with Crippen LogP contribution in [0.2, 0.25) is 0 Å². The van der Waals surface area contributed by atoms with Crippen molar-refractivity contribution >= 4 is 29.9 Å². The Hall–Kier alpha value is -4.66. The van der Waals surface area contributed by atoms with Gasteiger partial charge in [-0.15, -0.1) is 0 Å². The van der Waals surface area contributed by atoms with Crippen LogP contribution in [-0.2, 0) is 20.7 Å². The molecule has 0 radical (unpaired) electrons. The predicted octanol–water partition coefficient (Wildman–Crippen LogP) is 4.82. The van der Waals surface area contributed by atoms with Crippen LogP contribution in [0.15, 0.2) is 41.3 Å². The Kier molecular flexibility index (Phi) is 13.8. The van der Waals surface area contributed by atoms with E-state index in [1.165, 1.54) is 4.57 Å². The van der Waals surface area contributed by atoms with Crippen LogP contribution < -0.4 is 27.0 Å². The van der Waals surface area contributed by atoms with Crippen molar-refractivity contribution in [1.29, 1.82) is 0 Å². The molecule has 15 heteroatoms. The van der Waals surface area contributed by atoms with Crippen LogP contribution in [0.1, 0.15) is 93.6 Å². The Morgan fingerprint density at radius 3 is 2.07 bits per heavy atom. The highest BCUT2D eigenvalue weighted by Crippen LogP contribution is 2.25. The molecule has 1 aliphatic heterocycles. The maximum Gasteiger partial charge on any atom is 0.408 e. The zero-order valence-corrected chi connectivity index (χ0v) is 33.4. The molecule has 5 amide bonds. The van der Waals surface area contributed by atoms with Gasteiger partial charge in [0.15, 0.2) is 0 Å². The van der Waals surface area contributed by atoms with Crippen LogP contribution in [0.25, 0.3) is 5.69 Å². The molecular weight excluding hydrogens is 692 g/mol. The first-order valence-electron chi connectivity index (χ1n) is 19.0. The number of hydrogen-bond donors (Lipinski definition) is 4. The molecule has 2 aromatic rings. The highest BCUT2D eigenvalue weighted by Gasteiger charge is 2.37. The average Bonchev–Trinajstić information content (AvgIpc) is 3.06. The number of piperazine rings is 1. The number of amides is 5. The lowest BCUT2D eigenvalue weighted by atomic mass is 9.85. The molecule has 2 heterocycles. The van der Waals surface area contributed by atoms with Crippen LogP contribution in [0.4, 0.5) is 20.2 Å². The molecular formula is C39H60N8O7. The van der Waals surface area contributed by atoms with Crippen LogP contribution >= 0.6 is 0 Å². The molecule has 0 spiro atoms. The van der Waals surface area contributed by atoms with E-state index < -0.39 is 34.6 Å². The molecule has 1 aliphatic carbocycles. The third-order valence-electron chi connectivity index (χ3n) is 9.26. The smallest absolute Gasteiger partial charge is 0.408 e. The van der Waals surface area contributed by atoms with Crippen LogP contribution in [0, 0.1) is 5.92 Å². The SMILES string of the molecule is CC(Cc1ccc(-n2ccc(NC(=O)N3CCN(C(=O)C(C)(C)NC(=O)OC(C)(C)C)CC3)nc2=O)cc1)NC[C@H]1CCC[C@H](NC(=O)OC(C)(C)C)C1. The number of alkyl carbamates (subject to hydrolysis) is 2. The van der Waals surface area contributed by atoms with E-state index in [9.17, 15) is 24.0 Å². The zero-order chi connectivity index (χ0) is 39.8. The second-order valence-electron chi connectivity index (χ2n) is 17.0. The summed E-state index contributed by atoms with van der Waals surface area (Å²) in [7, 11) is 0. The second-order valence-corrected chi connectivity index (χ2v) is 17.0. The summed E-state index contributed by atoms with van der Waals surface area (Å²) in [4.78, 5) is 70.8. The van der Waals surface area contributed by atoms with E-state index in [4.69, 9.17) is 9.47 Å². The minimum atomic E-state index is -1.19. The molecule has 2 aliphatic rings. The topological polar surface area (TPSA) is 176 Å². The monoisotopic (exact) mass is 752 g/mol. The summed E-state index contributed by atoms with van der Waals surface area (Å²) in [6.45, 7) is 18.2. The van der Waals surface area contributed by atoms with Gasteiger partial charge in [0.1, 0.15) is 22.6 Å². The van der Waals surface area contributed by atoms with Gasteiger partial charge < -0.3 is 35.2 Å². The maximum absolute atomic E-state index is 13.2. The van der Waals surface area contributed by atoms with Crippen molar-refractivity contribution in [3.63, 3.8) is 0 Å². The molecule has 15 nitrogen and oxygen atoms in total. The van der Waals surface area contributed by atoms with Crippen molar-refractivity contribution in [2.24, 2.45) is 5.92 Å². The summed E-state index contributed by atoms with van der Waals surface area (Å²) < 4.78 is 12.1. The molecule has 54 heavy (non-hydrogen) atoms. The Balaban J connectivity index is 1.21. The lowest BCUT2D eigenvalue weighted by molar-refractivity contribution is -0.138. The predicted molar refractivity (Wildman–Crippen MR) is 207 cm³/mol. The Morgan fingerprint density at radius 2 is 1.46 bits per heavy atom. The number of benzene rings is 1. The summed E-state index contributed by atoms with van der Waals surface area (Å²) in [6, 6.07) is 9.26. The maximum atomic E-state index is 13.2. The van der Waals surface area contributed by atoms with Gasteiger partial charge in [-0.25, -0.2) is 19.2 Å². The van der Waals surface area contributed by atoms with Gasteiger partial charge >= 0.3 is 23.9 Å². The van der Waals surface area contributed by atoms with Crippen molar-refractivity contribution in [3.05, 3.63) is 52.6 Å². The summed E-state index contributed by atoms with van der Waals surface area (Å²) in [5.41, 5.74) is -1.15. The number of urea groups is 1. The normalized spacial score (nSPS) is 18.7. The first kappa shape index (κ1) is 42.1. The Morgan fingerprint density at radius 1 is 0.852 bits per heavy atom. The van der Waals surface area contributed by atoms with Crippen molar-refractivity contribution in [1.82, 2.24) is 35.3 Å². The van der Waals surface area contributed by atoms with Gasteiger partial charge in [0.25, 0.3) is 0 Å². The summed E-state index contributed by atoms with van der Waals surface area (Å²) in [5, 5.41) is 12.0. The zero-order valence-electron chi connectivity index (χ0n) is 33.4. The van der Waals surface area contributed by atoms with Crippen LogP contribution in [0.5, 0.6) is 0 Å². The Labute approximate surface area is 318 Å². The summed E-state index contributed by atoms with van der Waals surface area (Å²) in [5.74, 6) is 0.326. The number of anilines is 1. The quantitative estimate of drug-likeness (QED) is 0.265. The number of carbonyl (C=O) groups excluding carboxylic acids is 4. The van der Waals surface area contributed by atoms with Crippen molar-refractivity contribution < 1.29 is 28.7 Å². The lowest BCUT2D eigenvalue weighted by Gasteiger charge is -2.38. The highest BCUT2D eigenvalue weighted by molar-refractivity contribution is 5.90. The van der Waals surface area contributed by atoms with Gasteiger partial charge in [-0.1, -0.05) is 18.6 Å². The first-order chi connectivity index (χ1) is 25.2. The van der Waals surface area contributed by atoms with E-state index in [2.05, 4.69) is 33.2 Å². The van der Waals surface area contributed by atoms with Gasteiger partial charge in [-0.05, 0) is 124 Å². The number of rotatable bonds is 10. The number of nitrogens with one attached hydrogen (secondary N) is 4. The molecule has 4 N–H and O–H groups in total. The molecule has 1 saturated carbocycles. The van der Waals surface area contributed by atoms with Gasteiger partial charge in [-0.3, -0.25) is 14.7 Å². The van der Waals surface area contributed by atoms with E-state index in [1.807, 2.05) is 45.0 Å². The van der Waals surface area contributed by atoms with Gasteiger partial charge in [0, 0.05) is 44.5 Å². The second kappa shape index (κ2) is 17.7. The number of ether oxygens (including phenoxy) is 2. The molecule has 4 rings (SSSR count). The van der Waals surface area contributed by atoms with Crippen molar-refractivity contribution in [3.8, 4) is 5.69 Å². The highest BCUT2D eigenvalue weighted by atomic mass is 16.6. The molecule has 298 valence electrons. The van der Waals surface area contributed by atoms with E-state index in [0.717, 1.165) is 44.2 Å². The van der Waals surface area contributed by atoms with E-state index in [-0.39, 0.29) is 56.1 Å². The first-order valence-corrected chi connectivity index (χ1v) is 19.0. The molecule has 1 unspecified atom stereocenters. The lowest BCUT2D eigenvalue weighted by Crippen LogP contribution is -2.60. The summed E-state index contributed by atoms with van der Waals surface area (Å²) in [6.07, 6.45) is 5.45. The number of nitrogens with zero attached hydrogens (tertiary/aromatic N) is 4. The van der Waals surface area contributed by atoms with Crippen molar-refractivity contribution in [2.45, 2.75) is 123 Å². The third kappa shape index (κ3) is 13.0. The largest absolute Gasteiger partial charge is 0.444 e. The third-order valence-corrected chi connectivity index (χ3v) is 9.26. The van der Waals surface area contributed by atoms with E-state index in [0.29, 0.717) is 11.6 Å². The van der Waals surface area contributed by atoms with Crippen LogP contribution in [-0.4, -0.2) is 105 Å². The van der Waals surface area contributed by atoms with Crippen LogP contribution in [0.3, 0.4) is 0 Å². The molecule has 1 saturated heterocycles. The fraction of sp³-hybridized carbons (Fsp3) is 0.641. The number of aromatic nitrogens is 2. The van der Waals surface area contributed by atoms with E-state index in [1.54, 1.807) is 56.7 Å². The number of carbonyl (C=O) groups is 4. The number of hydrogen-bond acceptors (Lipinski definition) is 9. The van der Waals surface area contributed by atoms with Gasteiger partial charge in [0.2, 0.25) is 5.91 Å². The standard InChI is InChI=1S/C39H60N8O7/c1-26(40-25-28-11-10-12-29(24-28)41-35(51)53-37(2,3)4)23-27-13-15-30(16-14-27)47-18-17-31(43-34(47)50)42-33(49)46-21-19-45(20-22-46)32(48)39(8,9)44-36(52)54-38(5,6)7/h13-18,26,28-29,40H,10-12,19-25H2,1-9H3,(H,41,51)(H,44,52)(H,42,43,49,50)/t26?,28-,29-/m0/s1. The fourth-order valence-electron chi connectivity index (χ4n) is 6.65. The van der Waals surface area contributed by atoms with E-state index >= 15 is 0 Å². The fourth-order valence-corrected chi connectivity index (χ4v) is 6.65. The molecule has 3 atom stereocenters. The van der Waals surface area contributed by atoms with Gasteiger partial charge in [0.05, 0.1) is 5.69 Å². The van der Waals surface area contributed by atoms with Gasteiger partial charge in [-0.2, -0.15) is 4.98 Å². The Bertz CT molecular complexity index is 1670. The average molecular weight is 753 g/mol. The molecule has 2 fully saturated rings.